The van der Waals surface area contributed by atoms with Crippen molar-refractivity contribution in [2.24, 2.45) is 0 Å². The van der Waals surface area contributed by atoms with Crippen molar-refractivity contribution in [1.29, 1.82) is 0 Å². The smallest absolute Gasteiger partial charge is 0.352 e. The summed E-state index contributed by atoms with van der Waals surface area (Å²) in [6.07, 6.45) is -0.0117. The van der Waals surface area contributed by atoms with Crippen molar-refractivity contribution in [2.75, 3.05) is 7.11 Å². The standard InChI is InChI=1S/C8H14O4/c1-5-6(2)8(9)12-11-7(3)10-4/h7H,2,5H2,1,3-4H3. The summed E-state index contributed by atoms with van der Waals surface area (Å²) < 4.78 is 4.68. The number of methoxy groups -OCH3 is 1. The number of carbonyl (C=O) groups is 1. The Morgan fingerprint density at radius 3 is 2.58 bits per heavy atom. The van der Waals surface area contributed by atoms with Gasteiger partial charge in [0.25, 0.3) is 0 Å². The lowest BCUT2D eigenvalue weighted by atomic mass is 10.2. The molecule has 0 rings (SSSR count). The van der Waals surface area contributed by atoms with Crippen molar-refractivity contribution >= 4 is 5.97 Å². The normalized spacial score (nSPS) is 12.2. The predicted molar refractivity (Wildman–Crippen MR) is 43.1 cm³/mol. The molecule has 0 spiro atoms. The van der Waals surface area contributed by atoms with E-state index in [0.717, 1.165) is 0 Å². The zero-order valence-corrected chi connectivity index (χ0v) is 7.62. The Kier molecular flexibility index (Phi) is 5.32. The first-order valence-corrected chi connectivity index (χ1v) is 3.70. The van der Waals surface area contributed by atoms with Crippen molar-refractivity contribution in [3.8, 4) is 0 Å². The largest absolute Gasteiger partial charge is 0.368 e. The lowest BCUT2D eigenvalue weighted by Crippen LogP contribution is -2.15. The molecule has 0 aliphatic heterocycles. The molecule has 4 heteroatoms. The van der Waals surface area contributed by atoms with Gasteiger partial charge in [-0.1, -0.05) is 13.5 Å². The van der Waals surface area contributed by atoms with Gasteiger partial charge in [0.05, 0.1) is 0 Å². The minimum absolute atomic E-state index is 0.373. The Labute approximate surface area is 72.0 Å². The quantitative estimate of drug-likeness (QED) is 0.273. The van der Waals surface area contributed by atoms with Crippen LogP contribution in [0.1, 0.15) is 20.3 Å². The third-order valence-electron chi connectivity index (χ3n) is 1.31. The molecular weight excluding hydrogens is 160 g/mol. The minimum Gasteiger partial charge on any atom is -0.352 e. The van der Waals surface area contributed by atoms with Crippen molar-refractivity contribution in [3.05, 3.63) is 12.2 Å². The molecule has 0 N–H and O–H groups in total. The SMILES string of the molecule is C=C(CC)C(=O)OOC(C)OC. The van der Waals surface area contributed by atoms with Crippen LogP contribution in [-0.2, 0) is 19.3 Å². The molecule has 0 amide bonds. The van der Waals surface area contributed by atoms with Crippen LogP contribution in [-0.4, -0.2) is 19.4 Å². The molecule has 0 aromatic carbocycles. The lowest BCUT2D eigenvalue weighted by molar-refractivity contribution is -0.339. The van der Waals surface area contributed by atoms with Crippen LogP contribution in [0.15, 0.2) is 12.2 Å². The second-order valence-electron chi connectivity index (χ2n) is 2.23. The van der Waals surface area contributed by atoms with Crippen LogP contribution < -0.4 is 0 Å². The molecule has 0 aromatic rings. The van der Waals surface area contributed by atoms with E-state index in [1.165, 1.54) is 7.11 Å². The highest BCUT2D eigenvalue weighted by Crippen LogP contribution is 2.01. The molecule has 0 radical (unpaired) electrons. The van der Waals surface area contributed by atoms with E-state index in [1.807, 2.05) is 6.92 Å². The van der Waals surface area contributed by atoms with E-state index >= 15 is 0 Å². The molecule has 0 aliphatic carbocycles. The maximum atomic E-state index is 10.9. The highest BCUT2D eigenvalue weighted by molar-refractivity contribution is 5.87. The summed E-state index contributed by atoms with van der Waals surface area (Å²) in [7, 11) is 1.45. The highest BCUT2D eigenvalue weighted by atomic mass is 17.2. The predicted octanol–water partition coefficient (Wildman–Crippen LogP) is 1.42. The molecule has 12 heavy (non-hydrogen) atoms. The van der Waals surface area contributed by atoms with E-state index in [1.54, 1.807) is 6.92 Å². The third kappa shape index (κ3) is 4.10. The maximum Gasteiger partial charge on any atom is 0.368 e. The molecule has 0 fully saturated rings. The first-order chi connectivity index (χ1) is 5.61. The fraction of sp³-hybridized carbons (Fsp3) is 0.625. The fourth-order valence-corrected chi connectivity index (χ4v) is 0.354. The molecular formula is C8H14O4. The van der Waals surface area contributed by atoms with Gasteiger partial charge in [-0.3, -0.25) is 4.89 Å². The van der Waals surface area contributed by atoms with E-state index in [0.29, 0.717) is 12.0 Å². The van der Waals surface area contributed by atoms with Crippen LogP contribution in [0.3, 0.4) is 0 Å². The van der Waals surface area contributed by atoms with Gasteiger partial charge in [-0.05, 0) is 13.3 Å². The molecule has 0 saturated heterocycles. The monoisotopic (exact) mass is 174 g/mol. The summed E-state index contributed by atoms with van der Waals surface area (Å²) in [6, 6.07) is 0. The second kappa shape index (κ2) is 5.74. The van der Waals surface area contributed by atoms with Crippen molar-refractivity contribution in [1.82, 2.24) is 0 Å². The van der Waals surface area contributed by atoms with Crippen LogP contribution in [0.2, 0.25) is 0 Å². The molecule has 0 bridgehead atoms. The zero-order chi connectivity index (χ0) is 9.56. The summed E-state index contributed by atoms with van der Waals surface area (Å²) in [6.45, 7) is 6.90. The van der Waals surface area contributed by atoms with Crippen molar-refractivity contribution in [3.63, 3.8) is 0 Å². The van der Waals surface area contributed by atoms with Gasteiger partial charge >= 0.3 is 5.97 Å². The van der Waals surface area contributed by atoms with E-state index < -0.39 is 12.3 Å². The van der Waals surface area contributed by atoms with Crippen LogP contribution in [0.4, 0.5) is 0 Å². The van der Waals surface area contributed by atoms with E-state index in [2.05, 4.69) is 21.1 Å². The molecule has 0 heterocycles. The summed E-state index contributed by atoms with van der Waals surface area (Å²) in [5.74, 6) is -0.554. The number of carbonyl (C=O) groups excluding carboxylic acids is 1. The van der Waals surface area contributed by atoms with E-state index in [4.69, 9.17) is 0 Å². The molecule has 0 saturated carbocycles. The van der Waals surface area contributed by atoms with Gasteiger partial charge in [0, 0.05) is 12.7 Å². The highest BCUT2D eigenvalue weighted by Gasteiger charge is 2.09. The maximum absolute atomic E-state index is 10.9. The summed E-state index contributed by atoms with van der Waals surface area (Å²) >= 11 is 0. The van der Waals surface area contributed by atoms with Crippen LogP contribution in [0.25, 0.3) is 0 Å². The number of hydrogen-bond donors (Lipinski definition) is 0. The van der Waals surface area contributed by atoms with Crippen LogP contribution >= 0.6 is 0 Å². The Morgan fingerprint density at radius 2 is 2.17 bits per heavy atom. The van der Waals surface area contributed by atoms with E-state index in [9.17, 15) is 4.79 Å². The molecule has 1 atom stereocenters. The molecule has 0 aliphatic rings. The van der Waals surface area contributed by atoms with Crippen LogP contribution in [0.5, 0.6) is 0 Å². The van der Waals surface area contributed by atoms with Gasteiger partial charge in [-0.25, -0.2) is 4.79 Å². The number of hydrogen-bond acceptors (Lipinski definition) is 4. The molecule has 4 nitrogen and oxygen atoms in total. The summed E-state index contributed by atoms with van der Waals surface area (Å²) in [5.41, 5.74) is 0.373. The van der Waals surface area contributed by atoms with Gasteiger partial charge < -0.3 is 4.74 Å². The number of rotatable bonds is 5. The number of ether oxygens (including phenoxy) is 1. The average Bonchev–Trinajstić information content (AvgIpc) is 2.11. The average molecular weight is 174 g/mol. The Hall–Kier alpha value is -0.870. The first kappa shape index (κ1) is 11.1. The first-order valence-electron chi connectivity index (χ1n) is 3.70. The zero-order valence-electron chi connectivity index (χ0n) is 7.62. The van der Waals surface area contributed by atoms with Gasteiger partial charge in [0.2, 0.25) is 0 Å². The van der Waals surface area contributed by atoms with Crippen molar-refractivity contribution < 1.29 is 19.3 Å². The lowest BCUT2D eigenvalue weighted by Gasteiger charge is -2.08. The third-order valence-corrected chi connectivity index (χ3v) is 1.31. The van der Waals surface area contributed by atoms with E-state index in [-0.39, 0.29) is 0 Å². The Bertz CT molecular complexity index is 164. The molecule has 70 valence electrons. The minimum atomic E-state index is -0.557. The van der Waals surface area contributed by atoms with Gasteiger partial charge in [-0.2, -0.15) is 4.89 Å². The van der Waals surface area contributed by atoms with Gasteiger partial charge in [0.15, 0.2) is 6.29 Å². The van der Waals surface area contributed by atoms with Gasteiger partial charge in [0.1, 0.15) is 0 Å². The van der Waals surface area contributed by atoms with Crippen LogP contribution in [0, 0.1) is 0 Å². The Morgan fingerprint density at radius 1 is 1.58 bits per heavy atom. The topological polar surface area (TPSA) is 44.8 Å². The summed E-state index contributed by atoms with van der Waals surface area (Å²) in [4.78, 5) is 19.8. The molecule has 1 unspecified atom stereocenters. The van der Waals surface area contributed by atoms with Gasteiger partial charge in [-0.15, -0.1) is 0 Å². The fourth-order valence-electron chi connectivity index (χ4n) is 0.354. The Balaban J connectivity index is 3.64. The molecule has 0 aromatic heterocycles. The second-order valence-corrected chi connectivity index (χ2v) is 2.23. The van der Waals surface area contributed by atoms with Crippen molar-refractivity contribution in [2.45, 2.75) is 26.6 Å². The summed E-state index contributed by atoms with van der Waals surface area (Å²) in [5, 5.41) is 0.